The number of phosphoric ester groups is 3. The van der Waals surface area contributed by atoms with Crippen LogP contribution in [-0.4, -0.2) is 89.2 Å². The fraction of sp³-hybridized carbons (Fsp3) is 1.00. The molecule has 73 heavy (non-hydrogen) atoms. The number of aliphatic hydroxyl groups is 1. The van der Waals surface area contributed by atoms with E-state index in [1.807, 2.05) is 0 Å². The molecule has 0 radical (unpaired) electrons. The van der Waals surface area contributed by atoms with Crippen molar-refractivity contribution in [1.82, 2.24) is 0 Å². The van der Waals surface area contributed by atoms with Crippen LogP contribution in [0, 0.1) is 0 Å². The summed E-state index contributed by atoms with van der Waals surface area (Å²) in [5, 5.41) is 12.1. The Morgan fingerprint density at radius 3 is 0.918 bits per heavy atom. The van der Waals surface area contributed by atoms with E-state index in [-0.39, 0.29) is 59.5 Å². The van der Waals surface area contributed by atoms with E-state index < -0.39 is 48.1 Å². The Hall–Kier alpha value is 0.210. The van der Waals surface area contributed by atoms with Crippen molar-refractivity contribution in [2.24, 2.45) is 0 Å². The molecule has 18 heteroatoms. The van der Waals surface area contributed by atoms with E-state index >= 15 is 0 Å². The highest BCUT2D eigenvalue weighted by molar-refractivity contribution is 7.49. The van der Waals surface area contributed by atoms with Gasteiger partial charge in [0.1, 0.15) is 18.3 Å². The monoisotopic (exact) mass is 1110 g/mol. The van der Waals surface area contributed by atoms with Crippen molar-refractivity contribution >= 4 is 23.5 Å². The van der Waals surface area contributed by atoms with Crippen molar-refractivity contribution in [2.75, 3.05) is 59.5 Å². The van der Waals surface area contributed by atoms with Crippen LogP contribution in [0.1, 0.15) is 273 Å². The lowest BCUT2D eigenvalue weighted by molar-refractivity contribution is -0.266. The highest BCUT2D eigenvalue weighted by Gasteiger charge is 2.49. The van der Waals surface area contributed by atoms with E-state index in [1.54, 1.807) is 0 Å². The van der Waals surface area contributed by atoms with Crippen molar-refractivity contribution in [3.8, 4) is 0 Å². The zero-order valence-corrected chi connectivity index (χ0v) is 50.3. The average Bonchev–Trinajstić information content (AvgIpc) is 3.37. The lowest BCUT2D eigenvalue weighted by Crippen LogP contribution is -2.55. The number of unbranched alkanes of at least 4 members (excludes halogenated alkanes) is 30. The van der Waals surface area contributed by atoms with Gasteiger partial charge in [0.25, 0.3) is 0 Å². The Kier molecular flexibility index (Phi) is 48.1. The summed E-state index contributed by atoms with van der Waals surface area (Å²) in [6.07, 6.45) is 30.7. The molecule has 1 N–H and O–H groups in total. The summed E-state index contributed by atoms with van der Waals surface area (Å²) >= 11 is 0. The van der Waals surface area contributed by atoms with Crippen molar-refractivity contribution in [2.45, 2.75) is 297 Å². The normalized spacial score (nSPS) is 17.8. The summed E-state index contributed by atoms with van der Waals surface area (Å²) < 4.78 is 109. The van der Waals surface area contributed by atoms with Crippen LogP contribution in [0.4, 0.5) is 0 Å². The van der Waals surface area contributed by atoms with E-state index in [0.717, 1.165) is 193 Å². The van der Waals surface area contributed by atoms with E-state index in [0.29, 0.717) is 25.7 Å². The first-order valence-electron chi connectivity index (χ1n) is 30.1. The number of rotatable bonds is 57. The van der Waals surface area contributed by atoms with E-state index in [9.17, 15) is 18.8 Å². The molecule has 0 saturated carbocycles. The summed E-state index contributed by atoms with van der Waals surface area (Å²) in [5.74, 6) is 0. The highest BCUT2D eigenvalue weighted by atomic mass is 31.2. The molecule has 1 saturated heterocycles. The largest absolute Gasteiger partial charge is 0.475 e. The smallest absolute Gasteiger partial charge is 0.385 e. The van der Waals surface area contributed by atoms with Crippen LogP contribution in [-0.2, 0) is 63.9 Å². The van der Waals surface area contributed by atoms with Gasteiger partial charge in [0.2, 0.25) is 0 Å². The molecular formula is C55H113O15P3. The molecule has 0 unspecified atom stereocenters. The van der Waals surface area contributed by atoms with Crippen LogP contribution < -0.4 is 0 Å². The third kappa shape index (κ3) is 39.3. The van der Waals surface area contributed by atoms with Crippen LogP contribution in [0.25, 0.3) is 0 Å². The maximum Gasteiger partial charge on any atom is 0.475 e. The molecule has 438 valence electrons. The van der Waals surface area contributed by atoms with Gasteiger partial charge in [-0.25, -0.2) is 13.7 Å². The van der Waals surface area contributed by atoms with Gasteiger partial charge in [-0.15, -0.1) is 0 Å². The van der Waals surface area contributed by atoms with Crippen LogP contribution in [0.15, 0.2) is 0 Å². The lowest BCUT2D eigenvalue weighted by atomic mass is 10.1. The molecule has 0 aromatic carbocycles. The summed E-state index contributed by atoms with van der Waals surface area (Å²) in [4.78, 5) is 0. The van der Waals surface area contributed by atoms with Crippen LogP contribution >= 0.6 is 23.5 Å². The molecule has 1 aliphatic heterocycles. The lowest BCUT2D eigenvalue weighted by Gasteiger charge is -2.40. The molecule has 0 bridgehead atoms. The minimum Gasteiger partial charge on any atom is -0.385 e. The molecule has 15 nitrogen and oxygen atoms in total. The van der Waals surface area contributed by atoms with Gasteiger partial charge >= 0.3 is 23.5 Å². The first-order valence-corrected chi connectivity index (χ1v) is 34.5. The number of hydrogen-bond acceptors (Lipinski definition) is 15. The molecule has 0 amide bonds. The Morgan fingerprint density at radius 2 is 0.603 bits per heavy atom. The Balaban J connectivity index is 3.35. The van der Waals surface area contributed by atoms with Gasteiger partial charge in [0.05, 0.1) is 59.5 Å². The van der Waals surface area contributed by atoms with Gasteiger partial charge in [-0.3, -0.25) is 40.7 Å². The maximum absolute atomic E-state index is 14.7. The summed E-state index contributed by atoms with van der Waals surface area (Å²) in [5.41, 5.74) is 0. The SMILES string of the molecule is CCCCCCCCOP(=O)(OCCCCCCCC)OCCO[C@H]1OC[C@@H](OP(=O)(OCCCCCCCC)OCCCCCCCC)[C@H](OP(=O)(OCCCCCCCC)OCCCCCCCC)[C@H]1O. The third-order valence-corrected chi connectivity index (χ3v) is 17.5. The summed E-state index contributed by atoms with van der Waals surface area (Å²) in [6.45, 7) is 13.4. The number of aliphatic hydroxyl groups excluding tert-OH is 1. The molecule has 0 aromatic heterocycles. The van der Waals surface area contributed by atoms with Gasteiger partial charge in [0, 0.05) is 0 Å². The molecule has 1 fully saturated rings. The van der Waals surface area contributed by atoms with Crippen LogP contribution in [0.2, 0.25) is 0 Å². The van der Waals surface area contributed by atoms with Gasteiger partial charge < -0.3 is 14.6 Å². The van der Waals surface area contributed by atoms with E-state index in [2.05, 4.69) is 41.5 Å². The molecule has 1 rings (SSSR count). The predicted octanol–water partition coefficient (Wildman–Crippen LogP) is 18.1. The second-order valence-corrected chi connectivity index (χ2v) is 25.0. The minimum atomic E-state index is -4.37. The van der Waals surface area contributed by atoms with E-state index in [4.69, 9.17) is 50.2 Å². The zero-order chi connectivity index (χ0) is 53.4. The number of phosphoric acid groups is 3. The van der Waals surface area contributed by atoms with Crippen molar-refractivity contribution in [1.29, 1.82) is 0 Å². The fourth-order valence-corrected chi connectivity index (χ4v) is 12.5. The van der Waals surface area contributed by atoms with E-state index in [1.165, 1.54) is 12.8 Å². The van der Waals surface area contributed by atoms with Crippen LogP contribution in [0.3, 0.4) is 0 Å². The van der Waals surface area contributed by atoms with Gasteiger partial charge in [0.15, 0.2) is 6.29 Å². The fourth-order valence-electron chi connectivity index (χ4n) is 8.41. The Morgan fingerprint density at radius 1 is 0.342 bits per heavy atom. The molecule has 0 spiro atoms. The molecule has 1 heterocycles. The maximum atomic E-state index is 14.7. The summed E-state index contributed by atoms with van der Waals surface area (Å²) in [6, 6.07) is 0. The van der Waals surface area contributed by atoms with Crippen molar-refractivity contribution in [3.63, 3.8) is 0 Å². The Bertz CT molecular complexity index is 1280. The Labute approximate surface area is 447 Å². The summed E-state index contributed by atoms with van der Waals surface area (Å²) in [7, 11) is -12.6. The molecule has 4 atom stereocenters. The number of ether oxygens (including phenoxy) is 2. The molecule has 0 aromatic rings. The van der Waals surface area contributed by atoms with Gasteiger partial charge in [-0.2, -0.15) is 0 Å². The second kappa shape index (κ2) is 49.3. The van der Waals surface area contributed by atoms with Crippen molar-refractivity contribution in [3.05, 3.63) is 0 Å². The molecule has 0 aliphatic carbocycles. The van der Waals surface area contributed by atoms with Crippen LogP contribution in [0.5, 0.6) is 0 Å². The molecule has 1 aliphatic rings. The zero-order valence-electron chi connectivity index (χ0n) is 47.6. The highest BCUT2D eigenvalue weighted by Crippen LogP contribution is 2.56. The first-order chi connectivity index (χ1) is 35.5. The predicted molar refractivity (Wildman–Crippen MR) is 296 cm³/mol. The standard InChI is InChI=1S/C55H113O15P3/c1-7-13-19-25-31-37-43-62-71(57,63-44-38-32-26-20-14-8-2)68-50-49-60-55-53(56)54(70-73(59,66-47-41-35-29-23-17-11-5)67-48-42-36-30-24-18-12-6)52(51-61-55)69-72(58,64-45-39-33-27-21-15-9-3)65-46-40-34-28-22-16-10-4/h52-56H,7-51H2,1-6H3/t52-,53-,54+,55+/m1/s1. The number of hydrogen-bond donors (Lipinski definition) is 1. The first kappa shape index (κ1) is 71.2. The third-order valence-electron chi connectivity index (χ3n) is 13.0. The minimum absolute atomic E-state index is 0.116. The van der Waals surface area contributed by atoms with Gasteiger partial charge in [-0.05, 0) is 38.5 Å². The second-order valence-electron chi connectivity index (χ2n) is 20.1. The van der Waals surface area contributed by atoms with Crippen molar-refractivity contribution < 1.29 is 69.0 Å². The topological polar surface area (TPSA) is 173 Å². The average molecular weight is 1110 g/mol. The molecular weight excluding hydrogens is 994 g/mol. The quantitative estimate of drug-likeness (QED) is 0.0450. The van der Waals surface area contributed by atoms with Gasteiger partial charge in [-0.1, -0.05) is 234 Å².